The van der Waals surface area contributed by atoms with E-state index in [2.05, 4.69) is 25.1 Å². The van der Waals surface area contributed by atoms with Crippen LogP contribution in [0.15, 0.2) is 12.3 Å². The van der Waals surface area contributed by atoms with E-state index in [9.17, 15) is 9.59 Å². The molecule has 9 heteroatoms. The Labute approximate surface area is 170 Å². The molecule has 4 heterocycles. The molecule has 29 heavy (non-hydrogen) atoms. The highest BCUT2D eigenvalue weighted by Gasteiger charge is 2.33. The molecule has 0 spiro atoms. The van der Waals surface area contributed by atoms with Crippen molar-refractivity contribution in [3.05, 3.63) is 35.2 Å². The molecular formula is C20H29N7O2. The van der Waals surface area contributed by atoms with Gasteiger partial charge in [0, 0.05) is 70.0 Å². The van der Waals surface area contributed by atoms with Gasteiger partial charge in [0.15, 0.2) is 0 Å². The lowest BCUT2D eigenvalue weighted by atomic mass is 10.2. The van der Waals surface area contributed by atoms with Gasteiger partial charge in [0.2, 0.25) is 5.91 Å². The number of aryl methyl sites for hydroxylation is 3. The molecule has 2 aliphatic rings. The van der Waals surface area contributed by atoms with Gasteiger partial charge in [-0.3, -0.25) is 19.6 Å². The van der Waals surface area contributed by atoms with Crippen LogP contribution in [0.4, 0.5) is 0 Å². The van der Waals surface area contributed by atoms with Crippen LogP contribution in [-0.2, 0) is 11.2 Å². The molecule has 2 aromatic rings. The Morgan fingerprint density at radius 3 is 2.59 bits per heavy atom. The zero-order valence-corrected chi connectivity index (χ0v) is 17.1. The maximum Gasteiger partial charge on any atom is 0.271 e. The standard InChI is InChI=1S/C20H29N7O2/c1-14-15(2)23-18(22-14)3-4-19(28)27-8-6-16(13-27)25-9-11-26(12-10-25)20(29)17-5-7-21-24-17/h5,7,16H,3-4,6,8-13H2,1-2H3,(H,21,24)(H,22,23). The zero-order chi connectivity index (χ0) is 20.4. The fourth-order valence-corrected chi connectivity index (χ4v) is 4.22. The van der Waals surface area contributed by atoms with Crippen molar-refractivity contribution in [2.24, 2.45) is 0 Å². The van der Waals surface area contributed by atoms with Crippen molar-refractivity contribution in [2.45, 2.75) is 39.2 Å². The number of hydrogen-bond donors (Lipinski definition) is 2. The quantitative estimate of drug-likeness (QED) is 0.772. The summed E-state index contributed by atoms with van der Waals surface area (Å²) in [4.78, 5) is 39.0. The number of likely N-dealkylation sites (tertiary alicyclic amines) is 1. The molecule has 2 aromatic heterocycles. The molecule has 1 unspecified atom stereocenters. The summed E-state index contributed by atoms with van der Waals surface area (Å²) in [5, 5.41) is 6.60. The normalized spacial score (nSPS) is 20.4. The smallest absolute Gasteiger partial charge is 0.271 e. The topological polar surface area (TPSA) is 101 Å². The lowest BCUT2D eigenvalue weighted by Gasteiger charge is -2.37. The highest BCUT2D eigenvalue weighted by molar-refractivity contribution is 5.92. The van der Waals surface area contributed by atoms with Gasteiger partial charge in [-0.2, -0.15) is 5.10 Å². The summed E-state index contributed by atoms with van der Waals surface area (Å²) in [5.74, 6) is 1.10. The maximum atomic E-state index is 12.6. The van der Waals surface area contributed by atoms with Crippen LogP contribution in [0.2, 0.25) is 0 Å². The second-order valence-corrected chi connectivity index (χ2v) is 7.97. The van der Waals surface area contributed by atoms with Gasteiger partial charge in [0.25, 0.3) is 5.91 Å². The number of H-pyrrole nitrogens is 2. The first-order valence-corrected chi connectivity index (χ1v) is 10.3. The number of carbonyl (C=O) groups is 2. The number of nitrogens with one attached hydrogen (secondary N) is 2. The Morgan fingerprint density at radius 1 is 1.14 bits per heavy atom. The molecule has 2 aliphatic heterocycles. The molecule has 2 amide bonds. The van der Waals surface area contributed by atoms with E-state index in [1.165, 1.54) is 0 Å². The van der Waals surface area contributed by atoms with Gasteiger partial charge >= 0.3 is 0 Å². The number of aromatic amines is 2. The first-order valence-electron chi connectivity index (χ1n) is 10.3. The summed E-state index contributed by atoms with van der Waals surface area (Å²) in [6, 6.07) is 2.09. The largest absolute Gasteiger partial charge is 0.346 e. The summed E-state index contributed by atoms with van der Waals surface area (Å²) in [6.07, 6.45) is 3.75. The molecular weight excluding hydrogens is 370 g/mol. The minimum atomic E-state index is 0.00813. The molecule has 0 radical (unpaired) electrons. The van der Waals surface area contributed by atoms with Crippen LogP contribution in [0.5, 0.6) is 0 Å². The molecule has 0 aliphatic carbocycles. The predicted octanol–water partition coefficient (Wildman–Crippen LogP) is 0.741. The van der Waals surface area contributed by atoms with E-state index in [1.807, 2.05) is 23.6 Å². The second-order valence-electron chi connectivity index (χ2n) is 7.97. The van der Waals surface area contributed by atoms with Crippen LogP contribution in [-0.4, -0.2) is 92.0 Å². The summed E-state index contributed by atoms with van der Waals surface area (Å²) < 4.78 is 0. The number of piperazine rings is 1. The minimum absolute atomic E-state index is 0.00813. The van der Waals surface area contributed by atoms with E-state index < -0.39 is 0 Å². The third kappa shape index (κ3) is 4.34. The maximum absolute atomic E-state index is 12.6. The summed E-state index contributed by atoms with van der Waals surface area (Å²) in [5.41, 5.74) is 2.61. The number of carbonyl (C=O) groups excluding carboxylic acids is 2. The number of amides is 2. The first-order chi connectivity index (χ1) is 14.0. The molecule has 0 aromatic carbocycles. The van der Waals surface area contributed by atoms with E-state index in [1.54, 1.807) is 12.3 Å². The van der Waals surface area contributed by atoms with Gasteiger partial charge in [-0.25, -0.2) is 4.98 Å². The van der Waals surface area contributed by atoms with E-state index in [4.69, 9.17) is 0 Å². The molecule has 0 bridgehead atoms. The van der Waals surface area contributed by atoms with Gasteiger partial charge in [0.1, 0.15) is 11.5 Å². The molecule has 2 N–H and O–H groups in total. The fraction of sp³-hybridized carbons (Fsp3) is 0.600. The molecule has 9 nitrogen and oxygen atoms in total. The lowest BCUT2D eigenvalue weighted by molar-refractivity contribution is -0.130. The third-order valence-electron chi connectivity index (χ3n) is 6.12. The van der Waals surface area contributed by atoms with Gasteiger partial charge in [-0.1, -0.05) is 0 Å². The number of aromatic nitrogens is 4. The molecule has 4 rings (SSSR count). The molecule has 1 atom stereocenters. The monoisotopic (exact) mass is 399 g/mol. The van der Waals surface area contributed by atoms with Crippen LogP contribution < -0.4 is 0 Å². The van der Waals surface area contributed by atoms with Crippen molar-refractivity contribution in [2.75, 3.05) is 39.3 Å². The van der Waals surface area contributed by atoms with E-state index in [0.29, 0.717) is 37.7 Å². The van der Waals surface area contributed by atoms with Crippen molar-refractivity contribution in [1.29, 1.82) is 0 Å². The molecule has 0 saturated carbocycles. The average molecular weight is 399 g/mol. The fourth-order valence-electron chi connectivity index (χ4n) is 4.22. The first kappa shape index (κ1) is 19.6. The van der Waals surface area contributed by atoms with Crippen LogP contribution in [0.3, 0.4) is 0 Å². The lowest BCUT2D eigenvalue weighted by Crippen LogP contribution is -2.52. The third-order valence-corrected chi connectivity index (χ3v) is 6.12. The predicted molar refractivity (Wildman–Crippen MR) is 107 cm³/mol. The Balaban J connectivity index is 1.22. The molecule has 2 fully saturated rings. The van der Waals surface area contributed by atoms with Crippen LogP contribution in [0.25, 0.3) is 0 Å². The SMILES string of the molecule is Cc1nc(CCC(=O)N2CCC(N3CCN(C(=O)c4ccn[nH]4)CC3)C2)[nH]c1C. The number of nitrogens with zero attached hydrogens (tertiary/aromatic N) is 5. The highest BCUT2D eigenvalue weighted by atomic mass is 16.2. The number of hydrogen-bond acceptors (Lipinski definition) is 5. The van der Waals surface area contributed by atoms with Gasteiger partial charge in [0.05, 0.1) is 5.69 Å². The average Bonchev–Trinajstić information content (AvgIpc) is 3.48. The highest BCUT2D eigenvalue weighted by Crippen LogP contribution is 2.19. The number of imidazole rings is 1. The second kappa shape index (κ2) is 8.36. The van der Waals surface area contributed by atoms with Crippen molar-refractivity contribution in [1.82, 2.24) is 34.9 Å². The van der Waals surface area contributed by atoms with E-state index in [-0.39, 0.29) is 11.8 Å². The van der Waals surface area contributed by atoms with Crippen molar-refractivity contribution in [3.8, 4) is 0 Å². The Morgan fingerprint density at radius 2 is 1.93 bits per heavy atom. The van der Waals surface area contributed by atoms with Crippen molar-refractivity contribution in [3.63, 3.8) is 0 Å². The zero-order valence-electron chi connectivity index (χ0n) is 17.1. The van der Waals surface area contributed by atoms with Crippen LogP contribution in [0, 0.1) is 13.8 Å². The van der Waals surface area contributed by atoms with Gasteiger partial charge < -0.3 is 14.8 Å². The molecule has 2 saturated heterocycles. The minimum Gasteiger partial charge on any atom is -0.346 e. The Hall–Kier alpha value is -2.68. The Kier molecular flexibility index (Phi) is 5.66. The summed E-state index contributed by atoms with van der Waals surface area (Å²) in [7, 11) is 0. The Bertz CT molecular complexity index is 833. The van der Waals surface area contributed by atoms with Crippen molar-refractivity contribution < 1.29 is 9.59 Å². The van der Waals surface area contributed by atoms with E-state index >= 15 is 0 Å². The molecule has 156 valence electrons. The summed E-state index contributed by atoms with van der Waals surface area (Å²) >= 11 is 0. The van der Waals surface area contributed by atoms with Crippen molar-refractivity contribution >= 4 is 11.8 Å². The van der Waals surface area contributed by atoms with Crippen LogP contribution >= 0.6 is 0 Å². The van der Waals surface area contributed by atoms with E-state index in [0.717, 1.165) is 49.8 Å². The summed E-state index contributed by atoms with van der Waals surface area (Å²) in [6.45, 7) is 8.68. The van der Waals surface area contributed by atoms with Crippen LogP contribution in [0.1, 0.15) is 40.5 Å². The number of rotatable bonds is 5. The van der Waals surface area contributed by atoms with Gasteiger partial charge in [-0.15, -0.1) is 0 Å². The van der Waals surface area contributed by atoms with Gasteiger partial charge in [-0.05, 0) is 26.3 Å².